The highest BCUT2D eigenvalue weighted by molar-refractivity contribution is 6.43. The highest BCUT2D eigenvalue weighted by Gasteiger charge is 2.36. The Balaban J connectivity index is 1.89. The van der Waals surface area contributed by atoms with Crippen LogP contribution in [-0.2, 0) is 7.05 Å². The molecule has 1 heterocycles. The van der Waals surface area contributed by atoms with Crippen LogP contribution < -0.4 is 0 Å². The van der Waals surface area contributed by atoms with Crippen molar-refractivity contribution < 1.29 is 9.59 Å². The second-order valence-corrected chi connectivity index (χ2v) is 6.99. The Bertz CT molecular complexity index is 1260. The van der Waals surface area contributed by atoms with Crippen LogP contribution in [0.15, 0.2) is 90.6 Å². The van der Waals surface area contributed by atoms with Crippen LogP contribution in [0.5, 0.6) is 0 Å². The molecular formula is C25H17NO2. The topological polar surface area (TPSA) is 39.1 Å². The maximum Gasteiger partial charge on any atom is 0.198 e. The van der Waals surface area contributed by atoms with Crippen LogP contribution in [0.2, 0.25) is 0 Å². The van der Waals surface area contributed by atoms with Crippen LogP contribution in [0.1, 0.15) is 31.8 Å². The van der Waals surface area contributed by atoms with E-state index in [0.29, 0.717) is 16.7 Å². The maximum atomic E-state index is 13.3. The molecule has 5 rings (SSSR count). The quantitative estimate of drug-likeness (QED) is 0.369. The standard InChI is InChI=1S/C25H17NO2/c1-26-15-20(17-11-7-8-14-21(17)26)22(16-9-3-2-4-10-16)23-24(27)18-12-5-6-13-19(18)25(23)28/h2-15H,1H3. The normalized spacial score (nSPS) is 13.2. The molecule has 3 aromatic carbocycles. The molecule has 1 aliphatic carbocycles. The number of ketones is 2. The first-order valence-electron chi connectivity index (χ1n) is 9.19. The highest BCUT2D eigenvalue weighted by Crippen LogP contribution is 2.38. The number of rotatable bonds is 2. The fourth-order valence-electron chi connectivity index (χ4n) is 4.06. The van der Waals surface area contributed by atoms with Gasteiger partial charge in [0.25, 0.3) is 0 Å². The largest absolute Gasteiger partial charge is 0.350 e. The number of hydrogen-bond donors (Lipinski definition) is 0. The second-order valence-electron chi connectivity index (χ2n) is 6.99. The minimum Gasteiger partial charge on any atom is -0.350 e. The third kappa shape index (κ3) is 2.30. The van der Waals surface area contributed by atoms with Crippen molar-refractivity contribution in [3.8, 4) is 0 Å². The van der Waals surface area contributed by atoms with Crippen LogP contribution in [0, 0.1) is 0 Å². The molecule has 0 bridgehead atoms. The Morgan fingerprint density at radius 3 is 1.96 bits per heavy atom. The zero-order valence-corrected chi connectivity index (χ0v) is 15.3. The fraction of sp³-hybridized carbons (Fsp3) is 0.0400. The molecule has 134 valence electrons. The third-order valence-electron chi connectivity index (χ3n) is 5.35. The molecular weight excluding hydrogens is 346 g/mol. The number of aryl methyl sites for hydroxylation is 1. The fourth-order valence-corrected chi connectivity index (χ4v) is 4.06. The van der Waals surface area contributed by atoms with Crippen molar-refractivity contribution in [3.63, 3.8) is 0 Å². The lowest BCUT2D eigenvalue weighted by Gasteiger charge is -2.10. The number of para-hydroxylation sites is 1. The Morgan fingerprint density at radius 2 is 1.29 bits per heavy atom. The molecule has 1 aromatic heterocycles. The molecule has 28 heavy (non-hydrogen) atoms. The SMILES string of the molecule is Cn1cc(C(=C2C(=O)c3ccccc3C2=O)c2ccccc2)c2ccccc21. The summed E-state index contributed by atoms with van der Waals surface area (Å²) < 4.78 is 2.03. The van der Waals surface area contributed by atoms with Crippen LogP contribution in [0.3, 0.4) is 0 Å². The molecule has 0 unspecified atom stereocenters. The summed E-state index contributed by atoms with van der Waals surface area (Å²) in [5.74, 6) is -0.403. The molecule has 0 amide bonds. The molecule has 3 heteroatoms. The Hall–Kier alpha value is -3.72. The molecule has 0 saturated carbocycles. The van der Waals surface area contributed by atoms with Gasteiger partial charge in [0.1, 0.15) is 0 Å². The summed E-state index contributed by atoms with van der Waals surface area (Å²) in [5, 5.41) is 1.02. The van der Waals surface area contributed by atoms with E-state index < -0.39 is 0 Å². The lowest BCUT2D eigenvalue weighted by Crippen LogP contribution is -2.06. The number of nitrogens with zero attached hydrogens (tertiary/aromatic N) is 1. The first-order chi connectivity index (χ1) is 13.7. The van der Waals surface area contributed by atoms with E-state index in [4.69, 9.17) is 0 Å². The molecule has 0 radical (unpaired) electrons. The van der Waals surface area contributed by atoms with Gasteiger partial charge in [-0.05, 0) is 11.6 Å². The van der Waals surface area contributed by atoms with Gasteiger partial charge in [-0.3, -0.25) is 9.59 Å². The van der Waals surface area contributed by atoms with Gasteiger partial charge < -0.3 is 4.57 Å². The second kappa shape index (κ2) is 6.17. The lowest BCUT2D eigenvalue weighted by molar-refractivity contribution is 0.0990. The lowest BCUT2D eigenvalue weighted by atomic mass is 9.90. The van der Waals surface area contributed by atoms with Crippen LogP contribution in [0.25, 0.3) is 16.5 Å². The van der Waals surface area contributed by atoms with Crippen LogP contribution >= 0.6 is 0 Å². The van der Waals surface area contributed by atoms with Gasteiger partial charge >= 0.3 is 0 Å². The first-order valence-corrected chi connectivity index (χ1v) is 9.19. The minimum absolute atomic E-state index is 0.201. The van der Waals surface area contributed by atoms with Gasteiger partial charge in [-0.25, -0.2) is 0 Å². The van der Waals surface area contributed by atoms with E-state index in [1.54, 1.807) is 24.3 Å². The summed E-state index contributed by atoms with van der Waals surface area (Å²) in [6.07, 6.45) is 2.00. The number of benzene rings is 3. The van der Waals surface area contributed by atoms with E-state index in [2.05, 4.69) is 0 Å². The van der Waals surface area contributed by atoms with Crippen LogP contribution in [0.4, 0.5) is 0 Å². The van der Waals surface area contributed by atoms with Crippen molar-refractivity contribution in [1.82, 2.24) is 4.57 Å². The Morgan fingerprint density at radius 1 is 0.714 bits per heavy atom. The smallest absolute Gasteiger partial charge is 0.198 e. The van der Waals surface area contributed by atoms with E-state index in [1.807, 2.05) is 72.4 Å². The number of aromatic nitrogens is 1. The number of carbonyl (C=O) groups excluding carboxylic acids is 2. The van der Waals surface area contributed by atoms with Crippen molar-refractivity contribution in [2.24, 2.45) is 7.05 Å². The number of Topliss-reactive ketones (excluding diaryl/α,β-unsaturated/α-hetero) is 2. The molecule has 0 spiro atoms. The average Bonchev–Trinajstić information content (AvgIpc) is 3.20. The predicted molar refractivity (Wildman–Crippen MR) is 110 cm³/mol. The molecule has 0 saturated heterocycles. The third-order valence-corrected chi connectivity index (χ3v) is 5.35. The van der Waals surface area contributed by atoms with Gasteiger partial charge in [-0.15, -0.1) is 0 Å². The molecule has 1 aliphatic rings. The molecule has 0 N–H and O–H groups in total. The van der Waals surface area contributed by atoms with Crippen molar-refractivity contribution in [3.05, 3.63) is 113 Å². The van der Waals surface area contributed by atoms with E-state index in [0.717, 1.165) is 22.0 Å². The van der Waals surface area contributed by atoms with Gasteiger partial charge in [0.05, 0.1) is 5.57 Å². The number of fused-ring (bicyclic) bond motifs is 2. The molecule has 0 aliphatic heterocycles. The monoisotopic (exact) mass is 363 g/mol. The van der Waals surface area contributed by atoms with Gasteiger partial charge in [0.15, 0.2) is 11.6 Å². The predicted octanol–water partition coefficient (Wildman–Crippen LogP) is 5.06. The molecule has 0 atom stereocenters. The summed E-state index contributed by atoms with van der Waals surface area (Å²) in [7, 11) is 1.98. The number of carbonyl (C=O) groups is 2. The van der Waals surface area contributed by atoms with Crippen molar-refractivity contribution >= 4 is 28.0 Å². The van der Waals surface area contributed by atoms with E-state index in [9.17, 15) is 9.59 Å². The Labute approximate surface area is 162 Å². The van der Waals surface area contributed by atoms with E-state index >= 15 is 0 Å². The summed E-state index contributed by atoms with van der Waals surface area (Å²) in [4.78, 5) is 26.5. The van der Waals surface area contributed by atoms with Gasteiger partial charge in [0.2, 0.25) is 0 Å². The van der Waals surface area contributed by atoms with Crippen molar-refractivity contribution in [2.75, 3.05) is 0 Å². The van der Waals surface area contributed by atoms with Crippen LogP contribution in [-0.4, -0.2) is 16.1 Å². The van der Waals surface area contributed by atoms with E-state index in [-0.39, 0.29) is 17.1 Å². The first kappa shape index (κ1) is 16.5. The summed E-state index contributed by atoms with van der Waals surface area (Å²) in [6.45, 7) is 0. The zero-order valence-electron chi connectivity index (χ0n) is 15.3. The van der Waals surface area contributed by atoms with E-state index in [1.165, 1.54) is 0 Å². The van der Waals surface area contributed by atoms with Gasteiger partial charge in [-0.2, -0.15) is 0 Å². The number of hydrogen-bond acceptors (Lipinski definition) is 2. The molecule has 0 fully saturated rings. The molecule has 3 nitrogen and oxygen atoms in total. The minimum atomic E-state index is -0.201. The van der Waals surface area contributed by atoms with Gasteiger partial charge in [0, 0.05) is 46.4 Å². The highest BCUT2D eigenvalue weighted by atomic mass is 16.2. The summed E-state index contributed by atoms with van der Waals surface area (Å²) in [5.41, 5.74) is 4.73. The summed E-state index contributed by atoms with van der Waals surface area (Å²) >= 11 is 0. The Kier molecular flexibility index (Phi) is 3.63. The molecule has 4 aromatic rings. The summed E-state index contributed by atoms with van der Waals surface area (Å²) in [6, 6.07) is 24.8. The maximum absolute atomic E-state index is 13.3. The number of allylic oxidation sites excluding steroid dienone is 1. The van der Waals surface area contributed by atoms with Crippen molar-refractivity contribution in [2.45, 2.75) is 0 Å². The van der Waals surface area contributed by atoms with Gasteiger partial charge in [-0.1, -0.05) is 72.8 Å². The zero-order chi connectivity index (χ0) is 19.3. The van der Waals surface area contributed by atoms with Crippen molar-refractivity contribution in [1.29, 1.82) is 0 Å². The average molecular weight is 363 g/mol.